The van der Waals surface area contributed by atoms with Gasteiger partial charge in [0.1, 0.15) is 0 Å². The number of nitrogens with zero attached hydrogens (tertiary/aromatic N) is 1. The van der Waals surface area contributed by atoms with Crippen molar-refractivity contribution >= 4 is 16.0 Å². The second-order valence-corrected chi connectivity index (χ2v) is 6.47. The van der Waals surface area contributed by atoms with Crippen LogP contribution in [0, 0.1) is 5.92 Å². The van der Waals surface area contributed by atoms with E-state index < -0.39 is 16.0 Å². The van der Waals surface area contributed by atoms with Crippen molar-refractivity contribution in [1.82, 2.24) is 4.31 Å². The zero-order chi connectivity index (χ0) is 12.3. The van der Waals surface area contributed by atoms with E-state index in [0.29, 0.717) is 12.5 Å². The SMILES string of the molecule is CC1CCCN(S(=O)(=O)CCC(=O)O)C1C. The van der Waals surface area contributed by atoms with Crippen LogP contribution < -0.4 is 0 Å². The van der Waals surface area contributed by atoms with Crippen LogP contribution in [0.5, 0.6) is 0 Å². The fraction of sp³-hybridized carbons (Fsp3) is 0.900. The van der Waals surface area contributed by atoms with Gasteiger partial charge in [0.25, 0.3) is 0 Å². The summed E-state index contributed by atoms with van der Waals surface area (Å²) in [7, 11) is -3.41. The molecule has 0 aliphatic carbocycles. The van der Waals surface area contributed by atoms with Gasteiger partial charge in [-0.2, -0.15) is 4.31 Å². The molecular formula is C10H19NO4S. The number of sulfonamides is 1. The molecule has 0 aromatic rings. The molecule has 16 heavy (non-hydrogen) atoms. The first kappa shape index (κ1) is 13.4. The summed E-state index contributed by atoms with van der Waals surface area (Å²) in [6, 6.07) is -0.0208. The summed E-state index contributed by atoms with van der Waals surface area (Å²) in [5.74, 6) is -1.02. The van der Waals surface area contributed by atoms with Crippen LogP contribution in [0.15, 0.2) is 0 Å². The molecule has 0 aromatic carbocycles. The number of carboxylic acid groups (broad SMARTS) is 1. The maximum atomic E-state index is 11.9. The molecule has 0 radical (unpaired) electrons. The fourth-order valence-electron chi connectivity index (χ4n) is 2.02. The Morgan fingerprint density at radius 3 is 2.62 bits per heavy atom. The van der Waals surface area contributed by atoms with Gasteiger partial charge >= 0.3 is 5.97 Å². The quantitative estimate of drug-likeness (QED) is 0.803. The Bertz CT molecular complexity index is 352. The van der Waals surface area contributed by atoms with Gasteiger partial charge in [-0.05, 0) is 25.7 Å². The normalized spacial score (nSPS) is 27.9. The van der Waals surface area contributed by atoms with Crippen LogP contribution in [0.1, 0.15) is 33.1 Å². The van der Waals surface area contributed by atoms with Gasteiger partial charge in [-0.3, -0.25) is 4.79 Å². The molecule has 6 heteroatoms. The van der Waals surface area contributed by atoms with Crippen molar-refractivity contribution in [2.24, 2.45) is 5.92 Å². The van der Waals surface area contributed by atoms with Crippen LogP contribution >= 0.6 is 0 Å². The Labute approximate surface area is 96.5 Å². The number of carboxylic acids is 1. The number of rotatable bonds is 4. The van der Waals surface area contributed by atoms with Gasteiger partial charge in [-0.15, -0.1) is 0 Å². The Hall–Kier alpha value is -0.620. The maximum Gasteiger partial charge on any atom is 0.304 e. The monoisotopic (exact) mass is 249 g/mol. The third kappa shape index (κ3) is 3.18. The zero-order valence-corrected chi connectivity index (χ0v) is 10.5. The second-order valence-electron chi connectivity index (χ2n) is 4.43. The minimum Gasteiger partial charge on any atom is -0.481 e. The largest absolute Gasteiger partial charge is 0.481 e. The lowest BCUT2D eigenvalue weighted by atomic mass is 9.94. The van der Waals surface area contributed by atoms with Gasteiger partial charge in [0.15, 0.2) is 0 Å². The topological polar surface area (TPSA) is 74.7 Å². The highest BCUT2D eigenvalue weighted by Crippen LogP contribution is 2.25. The molecular weight excluding hydrogens is 230 g/mol. The van der Waals surface area contributed by atoms with E-state index in [1.54, 1.807) is 0 Å². The Balaban J connectivity index is 2.70. The third-order valence-corrected chi connectivity index (χ3v) is 5.20. The molecule has 0 aromatic heterocycles. The molecule has 1 fully saturated rings. The van der Waals surface area contributed by atoms with Crippen LogP contribution in [-0.2, 0) is 14.8 Å². The first-order chi connectivity index (χ1) is 7.34. The van der Waals surface area contributed by atoms with Gasteiger partial charge in [0.2, 0.25) is 10.0 Å². The molecule has 2 unspecified atom stereocenters. The highest BCUT2D eigenvalue weighted by Gasteiger charge is 2.33. The average molecular weight is 249 g/mol. The zero-order valence-electron chi connectivity index (χ0n) is 9.72. The molecule has 94 valence electrons. The van der Waals surface area contributed by atoms with E-state index in [1.165, 1.54) is 4.31 Å². The molecule has 0 amide bonds. The predicted octanol–water partition coefficient (Wildman–Crippen LogP) is 0.911. The van der Waals surface area contributed by atoms with Gasteiger partial charge < -0.3 is 5.11 Å². The lowest BCUT2D eigenvalue weighted by molar-refractivity contribution is -0.136. The van der Waals surface area contributed by atoms with Crippen molar-refractivity contribution in [3.63, 3.8) is 0 Å². The summed E-state index contributed by atoms with van der Waals surface area (Å²) in [5, 5.41) is 8.51. The minimum absolute atomic E-state index is 0.0208. The second kappa shape index (κ2) is 5.14. The fourth-order valence-corrected chi connectivity index (χ4v) is 3.81. The van der Waals surface area contributed by atoms with E-state index in [1.807, 2.05) is 13.8 Å². The van der Waals surface area contributed by atoms with E-state index in [9.17, 15) is 13.2 Å². The van der Waals surface area contributed by atoms with Gasteiger partial charge in [0, 0.05) is 12.6 Å². The molecule has 1 saturated heterocycles. The molecule has 0 bridgehead atoms. The molecule has 0 saturated carbocycles. The summed E-state index contributed by atoms with van der Waals surface area (Å²) in [4.78, 5) is 10.4. The highest BCUT2D eigenvalue weighted by atomic mass is 32.2. The van der Waals surface area contributed by atoms with Crippen molar-refractivity contribution < 1.29 is 18.3 Å². The average Bonchev–Trinajstić information content (AvgIpc) is 2.19. The standard InChI is InChI=1S/C10H19NO4S/c1-8-4-3-6-11(9(8)2)16(14,15)7-5-10(12)13/h8-9H,3-7H2,1-2H3,(H,12,13). The number of piperidine rings is 1. The highest BCUT2D eigenvalue weighted by molar-refractivity contribution is 7.89. The van der Waals surface area contributed by atoms with Crippen molar-refractivity contribution in [2.45, 2.75) is 39.2 Å². The molecule has 2 atom stereocenters. The number of hydrogen-bond acceptors (Lipinski definition) is 3. The maximum absolute atomic E-state index is 11.9. The molecule has 1 heterocycles. The summed E-state index contributed by atoms with van der Waals surface area (Å²) < 4.78 is 25.3. The summed E-state index contributed by atoms with van der Waals surface area (Å²) >= 11 is 0. The molecule has 1 rings (SSSR count). The van der Waals surface area contributed by atoms with E-state index >= 15 is 0 Å². The smallest absolute Gasteiger partial charge is 0.304 e. The molecule has 5 nitrogen and oxygen atoms in total. The third-order valence-electron chi connectivity index (χ3n) is 3.25. The molecule has 1 aliphatic heterocycles. The van der Waals surface area contributed by atoms with Crippen LogP contribution in [0.4, 0.5) is 0 Å². The van der Waals surface area contributed by atoms with Gasteiger partial charge in [-0.1, -0.05) is 6.92 Å². The van der Waals surface area contributed by atoms with Crippen LogP contribution in [-0.4, -0.2) is 42.1 Å². The molecule has 1 N–H and O–H groups in total. The van der Waals surface area contributed by atoms with Gasteiger partial charge in [0.05, 0.1) is 12.2 Å². The van der Waals surface area contributed by atoms with E-state index in [0.717, 1.165) is 12.8 Å². The van der Waals surface area contributed by atoms with Crippen molar-refractivity contribution in [2.75, 3.05) is 12.3 Å². The van der Waals surface area contributed by atoms with Crippen molar-refractivity contribution in [3.8, 4) is 0 Å². The first-order valence-corrected chi connectivity index (χ1v) is 7.17. The number of carbonyl (C=O) groups is 1. The predicted molar refractivity (Wildman–Crippen MR) is 60.6 cm³/mol. The Morgan fingerprint density at radius 1 is 1.44 bits per heavy atom. The van der Waals surface area contributed by atoms with Crippen LogP contribution in [0.2, 0.25) is 0 Å². The van der Waals surface area contributed by atoms with Gasteiger partial charge in [-0.25, -0.2) is 8.42 Å². The van der Waals surface area contributed by atoms with Crippen LogP contribution in [0.25, 0.3) is 0 Å². The summed E-state index contributed by atoms with van der Waals surface area (Å²) in [5.41, 5.74) is 0. The summed E-state index contributed by atoms with van der Waals surface area (Å²) in [6.07, 6.45) is 1.57. The van der Waals surface area contributed by atoms with E-state index in [2.05, 4.69) is 0 Å². The first-order valence-electron chi connectivity index (χ1n) is 5.56. The number of aliphatic carboxylic acids is 1. The molecule has 1 aliphatic rings. The lowest BCUT2D eigenvalue weighted by Crippen LogP contribution is -2.47. The number of hydrogen-bond donors (Lipinski definition) is 1. The Kier molecular flexibility index (Phi) is 4.32. The minimum atomic E-state index is -3.41. The molecule has 0 spiro atoms. The summed E-state index contributed by atoms with van der Waals surface area (Å²) in [6.45, 7) is 4.44. The van der Waals surface area contributed by atoms with Crippen molar-refractivity contribution in [1.29, 1.82) is 0 Å². The Morgan fingerprint density at radius 2 is 2.06 bits per heavy atom. The lowest BCUT2D eigenvalue weighted by Gasteiger charge is -2.36. The van der Waals surface area contributed by atoms with Crippen LogP contribution in [0.3, 0.4) is 0 Å². The van der Waals surface area contributed by atoms with Crippen molar-refractivity contribution in [3.05, 3.63) is 0 Å². The van der Waals surface area contributed by atoms with E-state index in [4.69, 9.17) is 5.11 Å². The van der Waals surface area contributed by atoms with E-state index in [-0.39, 0.29) is 18.2 Å².